The Hall–Kier alpha value is -6.25. The monoisotopic (exact) mass is 608 g/mol. The van der Waals surface area contributed by atoms with Gasteiger partial charge in [-0.1, -0.05) is 133 Å². The summed E-state index contributed by atoms with van der Waals surface area (Å²) in [5.74, 6) is 0. The molecule has 0 saturated carbocycles. The summed E-state index contributed by atoms with van der Waals surface area (Å²) in [5, 5.41) is 3.75. The summed E-state index contributed by atoms with van der Waals surface area (Å²) in [5.41, 5.74) is 17.1. The average Bonchev–Trinajstić information content (AvgIpc) is 3.65. The van der Waals surface area contributed by atoms with E-state index in [1.165, 1.54) is 77.6 Å². The molecule has 1 aliphatic heterocycles. The molecule has 0 bridgehead atoms. The van der Waals surface area contributed by atoms with Gasteiger partial charge in [-0.15, -0.1) is 0 Å². The highest BCUT2D eigenvalue weighted by molar-refractivity contribution is 6.13. The van der Waals surface area contributed by atoms with E-state index in [2.05, 4.69) is 162 Å². The zero-order valence-corrected chi connectivity index (χ0v) is 26.1. The zero-order valence-electron chi connectivity index (χ0n) is 26.1. The lowest BCUT2D eigenvalue weighted by molar-refractivity contribution is 0.749. The molecule has 1 spiro atoms. The van der Waals surface area contributed by atoms with Crippen molar-refractivity contribution in [1.29, 1.82) is 0 Å². The van der Waals surface area contributed by atoms with Gasteiger partial charge in [0.25, 0.3) is 0 Å². The summed E-state index contributed by atoms with van der Waals surface area (Å²) in [6.45, 7) is 0. The molecule has 9 aromatic rings. The highest BCUT2D eigenvalue weighted by Crippen LogP contribution is 2.61. The quantitative estimate of drug-likeness (QED) is 0.191. The number of pyridine rings is 1. The molecule has 3 heterocycles. The lowest BCUT2D eigenvalue weighted by Crippen LogP contribution is -2.33. The van der Waals surface area contributed by atoms with E-state index in [4.69, 9.17) is 4.98 Å². The van der Waals surface area contributed by atoms with Gasteiger partial charge in [-0.3, -0.25) is 4.98 Å². The SMILES string of the molecule is c1cc(-c2ccc3c(c2)C2(c4ccccc4-3)c3ccccc3-n3c4ccccc4c4cccc2c43)cc(-c2cccc3cccnc23)c1. The van der Waals surface area contributed by atoms with Gasteiger partial charge in [0.2, 0.25) is 0 Å². The fraction of sp³-hybridized carbons (Fsp3) is 0.0217. The third-order valence-electron chi connectivity index (χ3n) is 10.8. The summed E-state index contributed by atoms with van der Waals surface area (Å²) in [6.07, 6.45) is 1.88. The standard InChI is InChI=1S/C46H28N2/c1-3-19-38-34(15-1)35-25-24-31(30-12-7-13-32(27-30)33-17-8-11-29-14-10-26-47-44(29)33)28-41(35)46(38)39-20-4-6-23-43(39)48-42-22-5-2-16-36(42)37-18-9-21-40(46)45(37)48/h1-28H. The number of para-hydroxylation sites is 4. The number of fused-ring (bicyclic) bond motifs is 13. The van der Waals surface area contributed by atoms with Crippen molar-refractivity contribution >= 4 is 32.7 Å². The minimum atomic E-state index is -0.459. The van der Waals surface area contributed by atoms with Crippen LogP contribution in [0.5, 0.6) is 0 Å². The van der Waals surface area contributed by atoms with Crippen molar-refractivity contribution in [1.82, 2.24) is 9.55 Å². The van der Waals surface area contributed by atoms with Crippen LogP contribution in [-0.2, 0) is 5.41 Å². The molecule has 0 N–H and O–H groups in total. The molecule has 11 rings (SSSR count). The van der Waals surface area contributed by atoms with Gasteiger partial charge >= 0.3 is 0 Å². The third-order valence-corrected chi connectivity index (χ3v) is 10.8. The number of aromatic nitrogens is 2. The van der Waals surface area contributed by atoms with E-state index in [0.717, 1.165) is 16.5 Å². The summed E-state index contributed by atoms with van der Waals surface area (Å²) in [4.78, 5) is 4.76. The van der Waals surface area contributed by atoms with Crippen molar-refractivity contribution in [3.63, 3.8) is 0 Å². The van der Waals surface area contributed by atoms with Gasteiger partial charge in [0, 0.05) is 27.9 Å². The van der Waals surface area contributed by atoms with Gasteiger partial charge in [0.15, 0.2) is 0 Å². The van der Waals surface area contributed by atoms with Crippen LogP contribution in [0.2, 0.25) is 0 Å². The first-order chi connectivity index (χ1) is 23.8. The molecule has 1 aliphatic carbocycles. The Kier molecular flexibility index (Phi) is 5.07. The molecule has 7 aromatic carbocycles. The Morgan fingerprint density at radius 3 is 2.10 bits per heavy atom. The second kappa shape index (κ2) is 9.40. The molecule has 48 heavy (non-hydrogen) atoms. The largest absolute Gasteiger partial charge is 0.309 e. The molecule has 222 valence electrons. The topological polar surface area (TPSA) is 17.8 Å². The number of hydrogen-bond acceptors (Lipinski definition) is 1. The van der Waals surface area contributed by atoms with Crippen LogP contribution in [0.4, 0.5) is 0 Å². The lowest BCUT2D eigenvalue weighted by Gasteiger charge is -2.39. The normalized spacial score (nSPS) is 15.6. The first kappa shape index (κ1) is 25.9. The van der Waals surface area contributed by atoms with Gasteiger partial charge in [0.1, 0.15) is 0 Å². The van der Waals surface area contributed by atoms with Crippen molar-refractivity contribution in [3.8, 4) is 39.1 Å². The number of nitrogens with zero attached hydrogens (tertiary/aromatic N) is 2. The summed E-state index contributed by atoms with van der Waals surface area (Å²) >= 11 is 0. The molecule has 1 unspecified atom stereocenters. The Balaban J connectivity index is 1.21. The zero-order chi connectivity index (χ0) is 31.4. The smallest absolute Gasteiger partial charge is 0.0780 e. The van der Waals surface area contributed by atoms with Gasteiger partial charge < -0.3 is 4.57 Å². The molecule has 2 heteroatoms. The number of rotatable bonds is 2. The molecular weight excluding hydrogens is 581 g/mol. The minimum absolute atomic E-state index is 0.459. The maximum atomic E-state index is 4.76. The van der Waals surface area contributed by atoms with Crippen LogP contribution < -0.4 is 0 Å². The van der Waals surface area contributed by atoms with E-state index in [1.54, 1.807) is 0 Å². The molecule has 1 atom stereocenters. The van der Waals surface area contributed by atoms with Crippen LogP contribution >= 0.6 is 0 Å². The molecule has 2 aromatic heterocycles. The third kappa shape index (κ3) is 3.19. The van der Waals surface area contributed by atoms with Crippen LogP contribution in [0.1, 0.15) is 22.3 Å². The van der Waals surface area contributed by atoms with Crippen LogP contribution in [0.25, 0.3) is 71.8 Å². The van der Waals surface area contributed by atoms with Crippen LogP contribution in [0.15, 0.2) is 170 Å². The van der Waals surface area contributed by atoms with E-state index in [9.17, 15) is 0 Å². The summed E-state index contributed by atoms with van der Waals surface area (Å²) in [7, 11) is 0. The number of hydrogen-bond donors (Lipinski definition) is 0. The average molecular weight is 609 g/mol. The first-order valence-electron chi connectivity index (χ1n) is 16.6. The Morgan fingerprint density at radius 1 is 0.438 bits per heavy atom. The Morgan fingerprint density at radius 2 is 1.12 bits per heavy atom. The van der Waals surface area contributed by atoms with Gasteiger partial charge in [-0.05, 0) is 80.4 Å². The molecule has 2 aliphatic rings. The predicted octanol–water partition coefficient (Wildman–Crippen LogP) is 11.3. The van der Waals surface area contributed by atoms with E-state index in [-0.39, 0.29) is 0 Å². The number of benzene rings is 7. The summed E-state index contributed by atoms with van der Waals surface area (Å²) < 4.78 is 2.51. The van der Waals surface area contributed by atoms with E-state index in [0.29, 0.717) is 0 Å². The lowest BCUT2D eigenvalue weighted by atomic mass is 9.65. The highest BCUT2D eigenvalue weighted by atomic mass is 15.0. The van der Waals surface area contributed by atoms with Gasteiger partial charge in [-0.2, -0.15) is 0 Å². The molecule has 0 saturated heterocycles. The maximum Gasteiger partial charge on any atom is 0.0780 e. The maximum absolute atomic E-state index is 4.76. The minimum Gasteiger partial charge on any atom is -0.309 e. The highest BCUT2D eigenvalue weighted by Gasteiger charge is 2.50. The van der Waals surface area contributed by atoms with Crippen molar-refractivity contribution < 1.29 is 0 Å². The molecule has 0 radical (unpaired) electrons. The fourth-order valence-corrected chi connectivity index (χ4v) is 8.95. The van der Waals surface area contributed by atoms with Crippen molar-refractivity contribution in [3.05, 3.63) is 192 Å². The second-order valence-electron chi connectivity index (χ2n) is 13.1. The second-order valence-corrected chi connectivity index (χ2v) is 13.1. The van der Waals surface area contributed by atoms with Crippen molar-refractivity contribution in [2.24, 2.45) is 0 Å². The fourth-order valence-electron chi connectivity index (χ4n) is 8.95. The van der Waals surface area contributed by atoms with Gasteiger partial charge in [-0.25, -0.2) is 0 Å². The van der Waals surface area contributed by atoms with Crippen molar-refractivity contribution in [2.45, 2.75) is 5.41 Å². The summed E-state index contributed by atoms with van der Waals surface area (Å²) in [6, 6.07) is 60.6. The Bertz CT molecular complexity index is 2800. The predicted molar refractivity (Wildman–Crippen MR) is 198 cm³/mol. The van der Waals surface area contributed by atoms with Gasteiger partial charge in [0.05, 0.1) is 27.7 Å². The van der Waals surface area contributed by atoms with E-state index < -0.39 is 5.41 Å². The van der Waals surface area contributed by atoms with E-state index in [1.807, 2.05) is 12.3 Å². The van der Waals surface area contributed by atoms with Crippen molar-refractivity contribution in [2.75, 3.05) is 0 Å². The molecule has 2 nitrogen and oxygen atoms in total. The van der Waals surface area contributed by atoms with Crippen LogP contribution in [-0.4, -0.2) is 9.55 Å². The first-order valence-corrected chi connectivity index (χ1v) is 16.6. The van der Waals surface area contributed by atoms with E-state index >= 15 is 0 Å². The van der Waals surface area contributed by atoms with Crippen LogP contribution in [0, 0.1) is 0 Å². The molecule has 0 fully saturated rings. The van der Waals surface area contributed by atoms with Crippen LogP contribution in [0.3, 0.4) is 0 Å². The molecule has 0 amide bonds. The molecular formula is C46H28N2. The Labute approximate surface area is 278 Å².